The molecule has 10 heteroatoms. The molecule has 1 fully saturated rings. The van der Waals surface area contributed by atoms with E-state index >= 15 is 0 Å². The Kier molecular flexibility index (Phi) is 31.3. The van der Waals surface area contributed by atoms with Crippen molar-refractivity contribution in [1.82, 2.24) is 0 Å². The van der Waals surface area contributed by atoms with Crippen molar-refractivity contribution < 1.29 is 49.0 Å². The third-order valence-electron chi connectivity index (χ3n) is 9.59. The Morgan fingerprint density at radius 1 is 0.596 bits per heavy atom. The van der Waals surface area contributed by atoms with Gasteiger partial charge in [-0.3, -0.25) is 9.59 Å². The van der Waals surface area contributed by atoms with E-state index in [9.17, 15) is 30.0 Å². The van der Waals surface area contributed by atoms with Gasteiger partial charge in [-0.15, -0.1) is 0 Å². The molecule has 1 rings (SSSR count). The van der Waals surface area contributed by atoms with E-state index in [1.54, 1.807) is 0 Å². The molecule has 0 radical (unpaired) electrons. The lowest BCUT2D eigenvalue weighted by atomic mass is 9.99. The molecule has 0 spiro atoms. The van der Waals surface area contributed by atoms with E-state index in [0.29, 0.717) is 6.42 Å². The largest absolute Gasteiger partial charge is 0.462 e. The maximum atomic E-state index is 12.7. The van der Waals surface area contributed by atoms with Crippen LogP contribution in [-0.2, 0) is 28.5 Å². The van der Waals surface area contributed by atoms with E-state index in [-0.39, 0.29) is 32.0 Å². The second-order valence-electron chi connectivity index (χ2n) is 14.4. The molecule has 304 valence electrons. The molecular formula is C42H76O10. The first kappa shape index (κ1) is 48.2. The smallest absolute Gasteiger partial charge is 0.306 e. The van der Waals surface area contributed by atoms with Gasteiger partial charge in [-0.1, -0.05) is 141 Å². The normalized spacial score (nSPS) is 21.2. The van der Waals surface area contributed by atoms with E-state index in [1.165, 1.54) is 89.9 Å². The fourth-order valence-corrected chi connectivity index (χ4v) is 6.22. The second-order valence-corrected chi connectivity index (χ2v) is 14.4. The number of carbonyl (C=O) groups excluding carboxylic acids is 2. The average Bonchev–Trinajstić information content (AvgIpc) is 3.14. The fourth-order valence-electron chi connectivity index (χ4n) is 6.22. The minimum absolute atomic E-state index is 0.218. The Balaban J connectivity index is 2.34. The first-order chi connectivity index (χ1) is 25.3. The zero-order valence-corrected chi connectivity index (χ0v) is 32.8. The van der Waals surface area contributed by atoms with Gasteiger partial charge in [0.05, 0.1) is 13.2 Å². The summed E-state index contributed by atoms with van der Waals surface area (Å²) in [7, 11) is 0. The van der Waals surface area contributed by atoms with Crippen LogP contribution in [0.1, 0.15) is 174 Å². The lowest BCUT2D eigenvalue weighted by Gasteiger charge is -2.39. The van der Waals surface area contributed by atoms with Crippen LogP contribution in [0.3, 0.4) is 0 Å². The van der Waals surface area contributed by atoms with Gasteiger partial charge in [0.15, 0.2) is 12.4 Å². The number of allylic oxidation sites excluding steroid dienone is 4. The summed E-state index contributed by atoms with van der Waals surface area (Å²) in [5.74, 6) is -0.816. The maximum Gasteiger partial charge on any atom is 0.306 e. The molecule has 1 heterocycles. The number of hydrogen-bond acceptors (Lipinski definition) is 10. The molecule has 0 saturated carbocycles. The van der Waals surface area contributed by atoms with Crippen LogP contribution in [-0.4, -0.2) is 89.0 Å². The molecule has 1 aliphatic rings. The molecule has 6 atom stereocenters. The number of esters is 2. The monoisotopic (exact) mass is 741 g/mol. The van der Waals surface area contributed by atoms with Crippen molar-refractivity contribution in [3.63, 3.8) is 0 Å². The van der Waals surface area contributed by atoms with Gasteiger partial charge in [-0.2, -0.15) is 0 Å². The Labute approximate surface area is 315 Å². The average molecular weight is 741 g/mol. The summed E-state index contributed by atoms with van der Waals surface area (Å²) in [5, 5.41) is 39.9. The van der Waals surface area contributed by atoms with Crippen molar-refractivity contribution in [3.8, 4) is 0 Å². The number of ether oxygens (including phenoxy) is 4. The highest BCUT2D eigenvalue weighted by molar-refractivity contribution is 5.70. The predicted molar refractivity (Wildman–Crippen MR) is 206 cm³/mol. The topological polar surface area (TPSA) is 152 Å². The molecule has 6 unspecified atom stereocenters. The molecule has 1 saturated heterocycles. The fraction of sp³-hybridized carbons (Fsp3) is 0.857. The Hall–Kier alpha value is -1.82. The number of carbonyl (C=O) groups is 2. The molecule has 10 nitrogen and oxygen atoms in total. The van der Waals surface area contributed by atoms with Crippen LogP contribution in [0.4, 0.5) is 0 Å². The highest BCUT2D eigenvalue weighted by Gasteiger charge is 2.44. The van der Waals surface area contributed by atoms with Crippen LogP contribution in [0.5, 0.6) is 0 Å². The minimum Gasteiger partial charge on any atom is -0.462 e. The standard InChI is InChI=1S/C42H76O10/c1-3-5-7-9-11-13-14-15-16-17-18-19-20-21-23-25-27-29-31-38(45)51-35(34-50-42-41(48)40(47)39(46)36(32-43)52-42)33-49-37(44)30-28-26-24-22-12-10-8-6-4-2/h13-14,16-17,35-36,39-43,46-48H,3-12,15,18-34H2,1-2H3/b14-13-,17-16-. The van der Waals surface area contributed by atoms with Gasteiger partial charge in [0, 0.05) is 12.8 Å². The number of aliphatic hydroxyl groups is 4. The van der Waals surface area contributed by atoms with Gasteiger partial charge in [0.25, 0.3) is 0 Å². The van der Waals surface area contributed by atoms with Gasteiger partial charge in [-0.25, -0.2) is 0 Å². The van der Waals surface area contributed by atoms with Crippen LogP contribution in [0.2, 0.25) is 0 Å². The summed E-state index contributed by atoms with van der Waals surface area (Å²) in [6.07, 6.45) is 27.6. The molecule has 1 aliphatic heterocycles. The molecule has 0 aromatic rings. The van der Waals surface area contributed by atoms with Crippen molar-refractivity contribution >= 4 is 11.9 Å². The van der Waals surface area contributed by atoms with E-state index in [2.05, 4.69) is 38.2 Å². The highest BCUT2D eigenvalue weighted by Crippen LogP contribution is 2.22. The Morgan fingerprint density at radius 3 is 1.62 bits per heavy atom. The summed E-state index contributed by atoms with van der Waals surface area (Å²) in [6.45, 7) is 3.37. The van der Waals surface area contributed by atoms with Crippen molar-refractivity contribution in [3.05, 3.63) is 24.3 Å². The van der Waals surface area contributed by atoms with E-state index < -0.39 is 49.4 Å². The number of aliphatic hydroxyl groups excluding tert-OH is 4. The van der Waals surface area contributed by atoms with Gasteiger partial charge < -0.3 is 39.4 Å². The van der Waals surface area contributed by atoms with Crippen LogP contribution in [0.25, 0.3) is 0 Å². The Morgan fingerprint density at radius 2 is 1.08 bits per heavy atom. The third kappa shape index (κ3) is 25.2. The van der Waals surface area contributed by atoms with Crippen LogP contribution >= 0.6 is 0 Å². The zero-order chi connectivity index (χ0) is 38.1. The van der Waals surface area contributed by atoms with Crippen molar-refractivity contribution in [1.29, 1.82) is 0 Å². The minimum atomic E-state index is -1.59. The van der Waals surface area contributed by atoms with E-state index in [4.69, 9.17) is 18.9 Å². The van der Waals surface area contributed by atoms with E-state index in [1.807, 2.05) is 0 Å². The van der Waals surface area contributed by atoms with Crippen molar-refractivity contribution in [2.24, 2.45) is 0 Å². The van der Waals surface area contributed by atoms with Crippen molar-refractivity contribution in [2.75, 3.05) is 19.8 Å². The maximum absolute atomic E-state index is 12.7. The summed E-state index contributed by atoms with van der Waals surface area (Å²) in [4.78, 5) is 25.2. The van der Waals surface area contributed by atoms with Crippen molar-refractivity contribution in [2.45, 2.75) is 211 Å². The quantitative estimate of drug-likeness (QED) is 0.0289. The summed E-state index contributed by atoms with van der Waals surface area (Å²) < 4.78 is 22.1. The predicted octanol–water partition coefficient (Wildman–Crippen LogP) is 8.16. The van der Waals surface area contributed by atoms with Gasteiger partial charge in [0.1, 0.15) is 31.0 Å². The van der Waals surface area contributed by atoms with Crippen LogP contribution < -0.4 is 0 Å². The molecule has 52 heavy (non-hydrogen) atoms. The first-order valence-electron chi connectivity index (χ1n) is 20.9. The zero-order valence-electron chi connectivity index (χ0n) is 32.8. The summed E-state index contributed by atoms with van der Waals surface area (Å²) >= 11 is 0. The number of hydrogen-bond donors (Lipinski definition) is 4. The second kappa shape index (κ2) is 33.7. The molecule has 0 amide bonds. The van der Waals surface area contributed by atoms with Crippen LogP contribution in [0, 0.1) is 0 Å². The molecule has 0 bridgehead atoms. The van der Waals surface area contributed by atoms with E-state index in [0.717, 1.165) is 51.4 Å². The summed E-state index contributed by atoms with van der Waals surface area (Å²) in [5.41, 5.74) is 0. The number of unbranched alkanes of at least 4 members (excludes halogenated alkanes) is 19. The van der Waals surface area contributed by atoms with Gasteiger partial charge in [0.2, 0.25) is 0 Å². The highest BCUT2D eigenvalue weighted by atomic mass is 16.7. The number of rotatable bonds is 34. The SMILES string of the molecule is CCCCCC/C=C\C/C=C\CCCCCCCCCC(=O)OC(COC(=O)CCCCCCCCCCC)COC1OC(CO)C(O)C(O)C1O. The molecular weight excluding hydrogens is 664 g/mol. The molecule has 4 N–H and O–H groups in total. The first-order valence-corrected chi connectivity index (χ1v) is 20.9. The lowest BCUT2D eigenvalue weighted by Crippen LogP contribution is -2.59. The van der Waals surface area contributed by atoms with Gasteiger partial charge in [-0.05, 0) is 44.9 Å². The van der Waals surface area contributed by atoms with Gasteiger partial charge >= 0.3 is 11.9 Å². The molecule has 0 aromatic carbocycles. The third-order valence-corrected chi connectivity index (χ3v) is 9.59. The molecule has 0 aliphatic carbocycles. The summed E-state index contributed by atoms with van der Waals surface area (Å²) in [6, 6.07) is 0. The Bertz CT molecular complexity index is 907. The molecule has 0 aromatic heterocycles. The van der Waals surface area contributed by atoms with Crippen LogP contribution in [0.15, 0.2) is 24.3 Å². The lowest BCUT2D eigenvalue weighted by molar-refractivity contribution is -0.305.